The standard InChI is InChI=1S/C18H22N2O/c1-13-9-14(11-20-10-13)12-21-18-8-4-5-15-16(18)6-3-7-17(15)19-2/h4-5,8-11,17,19H,3,6-7,12H2,1-2H3. The molecule has 0 amide bonds. The summed E-state index contributed by atoms with van der Waals surface area (Å²) in [6.07, 6.45) is 7.26. The Morgan fingerprint density at radius 1 is 1.33 bits per heavy atom. The highest BCUT2D eigenvalue weighted by molar-refractivity contribution is 5.43. The van der Waals surface area contributed by atoms with Crippen molar-refractivity contribution in [3.8, 4) is 5.75 Å². The van der Waals surface area contributed by atoms with E-state index in [2.05, 4.69) is 41.5 Å². The molecular weight excluding hydrogens is 260 g/mol. The molecule has 2 aromatic rings. The van der Waals surface area contributed by atoms with Gasteiger partial charge in [0.05, 0.1) is 0 Å². The van der Waals surface area contributed by atoms with Crippen LogP contribution in [0.2, 0.25) is 0 Å². The molecule has 0 saturated heterocycles. The molecule has 1 heterocycles. The van der Waals surface area contributed by atoms with Crippen molar-refractivity contribution in [2.24, 2.45) is 0 Å². The van der Waals surface area contributed by atoms with Crippen LogP contribution < -0.4 is 10.1 Å². The lowest BCUT2D eigenvalue weighted by Crippen LogP contribution is -2.22. The molecule has 0 fully saturated rings. The molecule has 0 radical (unpaired) electrons. The normalized spacial score (nSPS) is 17.3. The minimum atomic E-state index is 0.456. The van der Waals surface area contributed by atoms with Gasteiger partial charge in [0.15, 0.2) is 0 Å². The molecule has 3 heteroatoms. The molecule has 0 bridgehead atoms. The first-order valence-electron chi connectivity index (χ1n) is 7.60. The van der Waals surface area contributed by atoms with Crippen LogP contribution in [0.5, 0.6) is 5.75 Å². The average molecular weight is 282 g/mol. The highest BCUT2D eigenvalue weighted by atomic mass is 16.5. The van der Waals surface area contributed by atoms with Gasteiger partial charge in [-0.2, -0.15) is 0 Å². The second-order valence-corrected chi connectivity index (χ2v) is 5.72. The number of ether oxygens (including phenoxy) is 1. The third kappa shape index (κ3) is 3.08. The van der Waals surface area contributed by atoms with Crippen molar-refractivity contribution in [1.29, 1.82) is 0 Å². The summed E-state index contributed by atoms with van der Waals surface area (Å²) in [5.41, 5.74) is 5.04. The van der Waals surface area contributed by atoms with E-state index in [-0.39, 0.29) is 0 Å². The number of nitrogens with zero attached hydrogens (tertiary/aromatic N) is 1. The predicted molar refractivity (Wildman–Crippen MR) is 84.5 cm³/mol. The smallest absolute Gasteiger partial charge is 0.123 e. The van der Waals surface area contributed by atoms with Gasteiger partial charge in [-0.05, 0) is 62.1 Å². The highest BCUT2D eigenvalue weighted by Crippen LogP contribution is 2.35. The van der Waals surface area contributed by atoms with Gasteiger partial charge in [0.2, 0.25) is 0 Å². The molecule has 1 aliphatic carbocycles. The van der Waals surface area contributed by atoms with E-state index in [1.54, 1.807) is 0 Å². The number of nitrogens with one attached hydrogen (secondary N) is 1. The molecule has 1 unspecified atom stereocenters. The van der Waals surface area contributed by atoms with Gasteiger partial charge in [-0.15, -0.1) is 0 Å². The van der Waals surface area contributed by atoms with Gasteiger partial charge in [-0.3, -0.25) is 4.98 Å². The van der Waals surface area contributed by atoms with Crippen LogP contribution in [0.3, 0.4) is 0 Å². The van der Waals surface area contributed by atoms with Gasteiger partial charge in [-0.25, -0.2) is 0 Å². The maximum Gasteiger partial charge on any atom is 0.123 e. The van der Waals surface area contributed by atoms with Gasteiger partial charge in [-0.1, -0.05) is 12.1 Å². The van der Waals surface area contributed by atoms with Crippen LogP contribution in [0.25, 0.3) is 0 Å². The summed E-state index contributed by atoms with van der Waals surface area (Å²) in [4.78, 5) is 4.22. The van der Waals surface area contributed by atoms with E-state index in [1.165, 1.54) is 29.5 Å². The quantitative estimate of drug-likeness (QED) is 0.931. The van der Waals surface area contributed by atoms with Gasteiger partial charge in [0.1, 0.15) is 12.4 Å². The molecule has 0 spiro atoms. The van der Waals surface area contributed by atoms with Crippen LogP contribution in [-0.2, 0) is 13.0 Å². The molecular formula is C18H22N2O. The van der Waals surface area contributed by atoms with Gasteiger partial charge in [0, 0.05) is 24.0 Å². The second kappa shape index (κ2) is 6.27. The predicted octanol–water partition coefficient (Wildman–Crippen LogP) is 3.57. The molecule has 21 heavy (non-hydrogen) atoms. The Kier molecular flexibility index (Phi) is 4.20. The van der Waals surface area contributed by atoms with Crippen LogP contribution >= 0.6 is 0 Å². The van der Waals surface area contributed by atoms with Crippen molar-refractivity contribution in [2.75, 3.05) is 7.05 Å². The van der Waals surface area contributed by atoms with Crippen LogP contribution in [0, 0.1) is 6.92 Å². The topological polar surface area (TPSA) is 34.1 Å². The van der Waals surface area contributed by atoms with E-state index in [0.717, 1.165) is 17.7 Å². The maximum absolute atomic E-state index is 6.07. The number of hydrogen-bond donors (Lipinski definition) is 1. The largest absolute Gasteiger partial charge is 0.489 e. The number of benzene rings is 1. The van der Waals surface area contributed by atoms with E-state index in [0.29, 0.717) is 12.6 Å². The fourth-order valence-corrected chi connectivity index (χ4v) is 3.11. The zero-order valence-electron chi connectivity index (χ0n) is 12.7. The van der Waals surface area contributed by atoms with E-state index < -0.39 is 0 Å². The molecule has 0 saturated carbocycles. The third-order valence-electron chi connectivity index (χ3n) is 4.14. The lowest BCUT2D eigenvalue weighted by Gasteiger charge is -2.26. The summed E-state index contributed by atoms with van der Waals surface area (Å²) in [5.74, 6) is 1.02. The fraction of sp³-hybridized carbons (Fsp3) is 0.389. The lowest BCUT2D eigenvalue weighted by atomic mass is 9.87. The van der Waals surface area contributed by atoms with Crippen LogP contribution in [-0.4, -0.2) is 12.0 Å². The Morgan fingerprint density at radius 3 is 3.05 bits per heavy atom. The number of hydrogen-bond acceptors (Lipinski definition) is 3. The van der Waals surface area contributed by atoms with E-state index in [4.69, 9.17) is 4.74 Å². The minimum absolute atomic E-state index is 0.456. The fourth-order valence-electron chi connectivity index (χ4n) is 3.11. The van der Waals surface area contributed by atoms with E-state index in [9.17, 15) is 0 Å². The summed E-state index contributed by atoms with van der Waals surface area (Å²) in [6.45, 7) is 2.63. The molecule has 1 aromatic heterocycles. The number of aryl methyl sites for hydroxylation is 1. The van der Waals surface area contributed by atoms with Crippen molar-refractivity contribution in [3.63, 3.8) is 0 Å². The van der Waals surface area contributed by atoms with Gasteiger partial charge >= 0.3 is 0 Å². The van der Waals surface area contributed by atoms with E-state index in [1.807, 2.05) is 19.4 Å². The Labute approximate surface area is 126 Å². The number of rotatable bonds is 4. The first-order valence-corrected chi connectivity index (χ1v) is 7.60. The summed E-state index contributed by atoms with van der Waals surface area (Å²) in [7, 11) is 2.03. The molecule has 3 nitrogen and oxygen atoms in total. The Bertz CT molecular complexity index is 624. The summed E-state index contributed by atoms with van der Waals surface area (Å²) in [6, 6.07) is 8.98. The van der Waals surface area contributed by atoms with Crippen LogP contribution in [0.1, 0.15) is 41.1 Å². The maximum atomic E-state index is 6.07. The number of fused-ring (bicyclic) bond motifs is 1. The van der Waals surface area contributed by atoms with Gasteiger partial charge < -0.3 is 10.1 Å². The molecule has 110 valence electrons. The average Bonchev–Trinajstić information content (AvgIpc) is 2.52. The molecule has 1 aliphatic rings. The van der Waals surface area contributed by atoms with Crippen molar-refractivity contribution >= 4 is 0 Å². The minimum Gasteiger partial charge on any atom is -0.489 e. The highest BCUT2D eigenvalue weighted by Gasteiger charge is 2.21. The molecule has 3 rings (SSSR count). The van der Waals surface area contributed by atoms with Crippen LogP contribution in [0.15, 0.2) is 36.7 Å². The van der Waals surface area contributed by atoms with Crippen LogP contribution in [0.4, 0.5) is 0 Å². The third-order valence-corrected chi connectivity index (χ3v) is 4.14. The Morgan fingerprint density at radius 2 is 2.24 bits per heavy atom. The van der Waals surface area contributed by atoms with E-state index >= 15 is 0 Å². The zero-order chi connectivity index (χ0) is 14.7. The number of pyridine rings is 1. The summed E-state index contributed by atoms with van der Waals surface area (Å²) in [5, 5.41) is 3.40. The SMILES string of the molecule is CNC1CCCc2c(OCc3cncc(C)c3)cccc21. The molecule has 1 N–H and O–H groups in total. The van der Waals surface area contributed by atoms with Crippen molar-refractivity contribution < 1.29 is 4.74 Å². The second-order valence-electron chi connectivity index (χ2n) is 5.72. The lowest BCUT2D eigenvalue weighted by molar-refractivity contribution is 0.299. The number of aromatic nitrogens is 1. The monoisotopic (exact) mass is 282 g/mol. The van der Waals surface area contributed by atoms with Crippen molar-refractivity contribution in [1.82, 2.24) is 10.3 Å². The Hall–Kier alpha value is -1.87. The molecule has 0 aliphatic heterocycles. The first-order chi connectivity index (χ1) is 10.3. The van der Waals surface area contributed by atoms with Crippen molar-refractivity contribution in [2.45, 2.75) is 38.8 Å². The first kappa shape index (κ1) is 14.1. The molecule has 1 aromatic carbocycles. The van der Waals surface area contributed by atoms with Crippen molar-refractivity contribution in [3.05, 3.63) is 58.9 Å². The summed E-state index contributed by atoms with van der Waals surface area (Å²) < 4.78 is 6.07. The Balaban J connectivity index is 1.80. The van der Waals surface area contributed by atoms with Gasteiger partial charge in [0.25, 0.3) is 0 Å². The molecule has 1 atom stereocenters. The summed E-state index contributed by atoms with van der Waals surface area (Å²) >= 11 is 0. The zero-order valence-corrected chi connectivity index (χ0v) is 12.7.